The van der Waals surface area contributed by atoms with Gasteiger partial charge >= 0.3 is 0 Å². The number of benzene rings is 2. The number of aromatic amines is 1. The van der Waals surface area contributed by atoms with E-state index >= 15 is 0 Å². The average molecular weight is 381 g/mol. The zero-order valence-electron chi connectivity index (χ0n) is 15.9. The summed E-state index contributed by atoms with van der Waals surface area (Å²) < 4.78 is 19.0. The summed E-state index contributed by atoms with van der Waals surface area (Å²) in [6, 6.07) is 10.1. The Balaban J connectivity index is 1.51. The van der Waals surface area contributed by atoms with Crippen molar-refractivity contribution in [1.29, 1.82) is 0 Å². The third-order valence-electron chi connectivity index (χ3n) is 5.55. The Morgan fingerprint density at radius 1 is 1.25 bits per heavy atom. The standard InChI is InChI=1S/C22H24FN3O2/c1-28-20-10-8-16(23)13-18(20)15-7-9-17-19(12-15)25-26-22(17)24-21(27)11-6-14-4-2-3-5-14/h7-10,12-14H,2-6,11H2,1H3,(H2,24,25,26,27). The molecule has 0 radical (unpaired) electrons. The van der Waals surface area contributed by atoms with Crippen LogP contribution in [-0.4, -0.2) is 23.2 Å². The molecular formula is C22H24FN3O2. The maximum Gasteiger partial charge on any atom is 0.225 e. The van der Waals surface area contributed by atoms with Gasteiger partial charge in [-0.05, 0) is 48.2 Å². The van der Waals surface area contributed by atoms with Gasteiger partial charge in [0.2, 0.25) is 5.91 Å². The minimum Gasteiger partial charge on any atom is -0.496 e. The Morgan fingerprint density at radius 3 is 2.86 bits per heavy atom. The molecule has 1 heterocycles. The van der Waals surface area contributed by atoms with Crippen molar-refractivity contribution in [2.75, 3.05) is 12.4 Å². The van der Waals surface area contributed by atoms with E-state index in [2.05, 4.69) is 15.5 Å². The molecule has 2 N–H and O–H groups in total. The van der Waals surface area contributed by atoms with E-state index in [-0.39, 0.29) is 11.7 Å². The van der Waals surface area contributed by atoms with Gasteiger partial charge in [-0.2, -0.15) is 5.10 Å². The van der Waals surface area contributed by atoms with Gasteiger partial charge in [0.15, 0.2) is 5.82 Å². The molecule has 5 nitrogen and oxygen atoms in total. The van der Waals surface area contributed by atoms with Gasteiger partial charge in [0.25, 0.3) is 0 Å². The van der Waals surface area contributed by atoms with E-state index < -0.39 is 0 Å². The number of carbonyl (C=O) groups is 1. The van der Waals surface area contributed by atoms with E-state index in [0.717, 1.165) is 22.9 Å². The fraction of sp³-hybridized carbons (Fsp3) is 0.364. The molecule has 0 bridgehead atoms. The number of halogens is 1. The Morgan fingerprint density at radius 2 is 2.07 bits per heavy atom. The lowest BCUT2D eigenvalue weighted by Gasteiger charge is -2.09. The minimum absolute atomic E-state index is 0.00354. The first kappa shape index (κ1) is 18.5. The molecule has 0 aliphatic heterocycles. The molecule has 4 rings (SSSR count). The van der Waals surface area contributed by atoms with Crippen LogP contribution in [0, 0.1) is 11.7 Å². The molecule has 1 saturated carbocycles. The normalized spacial score (nSPS) is 14.5. The first-order chi connectivity index (χ1) is 13.6. The van der Waals surface area contributed by atoms with Crippen molar-refractivity contribution in [3.63, 3.8) is 0 Å². The number of H-pyrrole nitrogens is 1. The highest BCUT2D eigenvalue weighted by atomic mass is 19.1. The number of ether oxygens (including phenoxy) is 1. The number of nitrogens with one attached hydrogen (secondary N) is 2. The molecule has 1 aromatic heterocycles. The van der Waals surface area contributed by atoms with Crippen LogP contribution in [0.1, 0.15) is 38.5 Å². The zero-order valence-corrected chi connectivity index (χ0v) is 15.9. The Hall–Kier alpha value is -2.89. The average Bonchev–Trinajstić information content (AvgIpc) is 3.36. The Kier molecular flexibility index (Phi) is 5.28. The highest BCUT2D eigenvalue weighted by Crippen LogP contribution is 2.33. The van der Waals surface area contributed by atoms with Crippen LogP contribution in [0.25, 0.3) is 22.0 Å². The molecule has 1 fully saturated rings. The summed E-state index contributed by atoms with van der Waals surface area (Å²) in [5, 5.41) is 10.9. The SMILES string of the molecule is COc1ccc(F)cc1-c1ccc2c(NC(=O)CCC3CCCC3)n[nH]c2c1. The first-order valence-corrected chi connectivity index (χ1v) is 9.76. The third-order valence-corrected chi connectivity index (χ3v) is 5.55. The maximum atomic E-state index is 13.7. The van der Waals surface area contributed by atoms with Gasteiger partial charge in [-0.3, -0.25) is 9.89 Å². The van der Waals surface area contributed by atoms with E-state index in [0.29, 0.717) is 29.5 Å². The number of anilines is 1. The van der Waals surface area contributed by atoms with E-state index in [1.807, 2.05) is 18.2 Å². The number of hydrogen-bond donors (Lipinski definition) is 2. The fourth-order valence-corrected chi connectivity index (χ4v) is 4.02. The van der Waals surface area contributed by atoms with Crippen LogP contribution < -0.4 is 10.1 Å². The summed E-state index contributed by atoms with van der Waals surface area (Å²) in [5.41, 5.74) is 2.25. The zero-order chi connectivity index (χ0) is 19.5. The summed E-state index contributed by atoms with van der Waals surface area (Å²) in [4.78, 5) is 12.3. The fourth-order valence-electron chi connectivity index (χ4n) is 4.02. The van der Waals surface area contributed by atoms with E-state index in [9.17, 15) is 9.18 Å². The topological polar surface area (TPSA) is 67.0 Å². The van der Waals surface area contributed by atoms with Crippen molar-refractivity contribution in [1.82, 2.24) is 10.2 Å². The van der Waals surface area contributed by atoms with E-state index in [4.69, 9.17) is 4.74 Å². The van der Waals surface area contributed by atoms with Crippen molar-refractivity contribution in [3.05, 3.63) is 42.2 Å². The molecule has 28 heavy (non-hydrogen) atoms. The summed E-state index contributed by atoms with van der Waals surface area (Å²) in [7, 11) is 1.56. The van der Waals surface area contributed by atoms with Crippen LogP contribution in [0.4, 0.5) is 10.2 Å². The Bertz CT molecular complexity index is 993. The van der Waals surface area contributed by atoms with Gasteiger partial charge < -0.3 is 10.1 Å². The summed E-state index contributed by atoms with van der Waals surface area (Å²) >= 11 is 0. The van der Waals surface area contributed by atoms with Gasteiger partial charge in [-0.15, -0.1) is 0 Å². The van der Waals surface area contributed by atoms with Crippen LogP contribution in [0.3, 0.4) is 0 Å². The highest BCUT2D eigenvalue weighted by Gasteiger charge is 2.17. The molecule has 1 aliphatic carbocycles. The minimum atomic E-state index is -0.323. The number of fused-ring (bicyclic) bond motifs is 1. The van der Waals surface area contributed by atoms with Crippen LogP contribution in [0.2, 0.25) is 0 Å². The maximum absolute atomic E-state index is 13.7. The van der Waals surface area contributed by atoms with Gasteiger partial charge in [-0.1, -0.05) is 31.7 Å². The van der Waals surface area contributed by atoms with E-state index in [1.165, 1.54) is 37.8 Å². The van der Waals surface area contributed by atoms with Gasteiger partial charge in [0, 0.05) is 17.4 Å². The third kappa shape index (κ3) is 3.86. The monoisotopic (exact) mass is 381 g/mol. The molecule has 0 saturated heterocycles. The predicted octanol–water partition coefficient (Wildman–Crippen LogP) is 5.29. The van der Waals surface area contributed by atoms with Crippen molar-refractivity contribution in [3.8, 4) is 16.9 Å². The lowest BCUT2D eigenvalue weighted by atomic mass is 10.0. The number of nitrogens with zero attached hydrogens (tertiary/aromatic N) is 1. The van der Waals surface area contributed by atoms with Crippen molar-refractivity contribution < 1.29 is 13.9 Å². The molecule has 0 unspecified atom stereocenters. The summed E-state index contributed by atoms with van der Waals surface area (Å²) in [6.07, 6.45) is 6.52. The molecule has 0 spiro atoms. The van der Waals surface area contributed by atoms with E-state index in [1.54, 1.807) is 13.2 Å². The van der Waals surface area contributed by atoms with Crippen LogP contribution >= 0.6 is 0 Å². The Labute approximate surface area is 163 Å². The number of rotatable bonds is 6. The summed E-state index contributed by atoms with van der Waals surface area (Å²) in [5.74, 6) is 1.49. The molecule has 1 amide bonds. The van der Waals surface area contributed by atoms with Crippen LogP contribution in [-0.2, 0) is 4.79 Å². The number of methoxy groups -OCH3 is 1. The van der Waals surface area contributed by atoms with Crippen LogP contribution in [0.5, 0.6) is 5.75 Å². The molecule has 3 aromatic rings. The second kappa shape index (κ2) is 8.00. The molecule has 6 heteroatoms. The largest absolute Gasteiger partial charge is 0.496 e. The van der Waals surface area contributed by atoms with Gasteiger partial charge in [-0.25, -0.2) is 4.39 Å². The molecule has 1 aliphatic rings. The summed E-state index contributed by atoms with van der Waals surface area (Å²) in [6.45, 7) is 0. The number of aromatic nitrogens is 2. The molecule has 2 aromatic carbocycles. The molecule has 146 valence electrons. The number of amides is 1. The van der Waals surface area contributed by atoms with Gasteiger partial charge in [0.1, 0.15) is 11.6 Å². The molecule has 0 atom stereocenters. The highest BCUT2D eigenvalue weighted by molar-refractivity contribution is 6.00. The lowest BCUT2D eigenvalue weighted by molar-refractivity contribution is -0.116. The number of carbonyl (C=O) groups excluding carboxylic acids is 1. The van der Waals surface area contributed by atoms with Crippen LogP contribution in [0.15, 0.2) is 36.4 Å². The van der Waals surface area contributed by atoms with Gasteiger partial charge in [0.05, 0.1) is 12.6 Å². The van der Waals surface area contributed by atoms with Crippen molar-refractivity contribution >= 4 is 22.6 Å². The quantitative estimate of drug-likeness (QED) is 0.610. The smallest absolute Gasteiger partial charge is 0.225 e. The van der Waals surface area contributed by atoms with Crippen molar-refractivity contribution in [2.45, 2.75) is 38.5 Å². The first-order valence-electron chi connectivity index (χ1n) is 9.76. The second-order valence-corrected chi connectivity index (χ2v) is 7.41. The molecular weight excluding hydrogens is 357 g/mol. The second-order valence-electron chi connectivity index (χ2n) is 7.41. The predicted molar refractivity (Wildman–Crippen MR) is 108 cm³/mol. The lowest BCUT2D eigenvalue weighted by Crippen LogP contribution is -2.13. The number of hydrogen-bond acceptors (Lipinski definition) is 3. The van der Waals surface area contributed by atoms with Crippen molar-refractivity contribution in [2.24, 2.45) is 5.92 Å².